The molecule has 0 aliphatic carbocycles. The minimum atomic E-state index is -1.16. The van der Waals surface area contributed by atoms with Crippen molar-refractivity contribution in [2.24, 2.45) is 17.8 Å². The first-order valence-corrected chi connectivity index (χ1v) is 13.6. The van der Waals surface area contributed by atoms with Crippen molar-refractivity contribution >= 4 is 34.2 Å². The highest BCUT2D eigenvalue weighted by molar-refractivity contribution is 6.23. The molecule has 0 unspecified atom stereocenters. The number of benzene rings is 3. The number of ketones is 1. The summed E-state index contributed by atoms with van der Waals surface area (Å²) < 4.78 is 1.61. The van der Waals surface area contributed by atoms with Crippen molar-refractivity contribution in [2.75, 3.05) is 4.90 Å². The van der Waals surface area contributed by atoms with Crippen LogP contribution in [0.5, 0.6) is 0 Å². The highest BCUT2D eigenvalue weighted by Gasteiger charge is 2.69. The van der Waals surface area contributed by atoms with Gasteiger partial charge in [0.25, 0.3) is 5.56 Å². The molecule has 4 atom stereocenters. The molecule has 2 saturated heterocycles. The second-order valence-electron chi connectivity index (χ2n) is 11.4. The van der Waals surface area contributed by atoms with Crippen molar-refractivity contribution in [2.45, 2.75) is 38.8 Å². The van der Waals surface area contributed by atoms with E-state index in [0.29, 0.717) is 40.1 Å². The van der Waals surface area contributed by atoms with Gasteiger partial charge in [-0.15, -0.1) is 0 Å². The number of hydrogen-bond donors (Lipinski definition) is 1. The summed E-state index contributed by atoms with van der Waals surface area (Å²) in [6.07, 6.45) is 0.666. The number of amides is 2. The Morgan fingerprint density at radius 2 is 1.65 bits per heavy atom. The summed E-state index contributed by atoms with van der Waals surface area (Å²) in [6.45, 7) is 5.66. The molecule has 2 fully saturated rings. The third-order valence-electron chi connectivity index (χ3n) is 8.62. The Bertz CT molecular complexity index is 1810. The maximum atomic E-state index is 14.5. The summed E-state index contributed by atoms with van der Waals surface area (Å²) in [7, 11) is 0. The van der Waals surface area contributed by atoms with Gasteiger partial charge in [0, 0.05) is 17.2 Å². The largest absolute Gasteiger partial charge is 0.297 e. The summed E-state index contributed by atoms with van der Waals surface area (Å²) in [5.41, 5.74) is 1.56. The maximum Gasteiger partial charge on any atom is 0.266 e. The molecule has 1 N–H and O–H groups in total. The van der Waals surface area contributed by atoms with E-state index in [1.165, 1.54) is 11.8 Å². The number of carbonyl (C=O) groups excluding carboxylic acids is 3. The van der Waals surface area contributed by atoms with Crippen LogP contribution in [0.4, 0.5) is 5.69 Å². The van der Waals surface area contributed by atoms with E-state index in [1.54, 1.807) is 41.0 Å². The normalized spacial score (nSPS) is 24.7. The number of carbonyl (C=O) groups is 3. The zero-order chi connectivity index (χ0) is 27.9. The lowest BCUT2D eigenvalue weighted by Gasteiger charge is -2.32. The molecule has 8 heteroatoms. The molecule has 0 bridgehead atoms. The molecule has 1 spiro atoms. The van der Waals surface area contributed by atoms with Crippen LogP contribution in [0.15, 0.2) is 77.6 Å². The molecule has 40 heavy (non-hydrogen) atoms. The van der Waals surface area contributed by atoms with Crippen LogP contribution in [0.2, 0.25) is 0 Å². The molecule has 3 aromatic carbocycles. The van der Waals surface area contributed by atoms with Gasteiger partial charge in [0.1, 0.15) is 11.4 Å². The van der Waals surface area contributed by atoms with E-state index < -0.39 is 17.4 Å². The van der Waals surface area contributed by atoms with Gasteiger partial charge in [0.05, 0.1) is 34.1 Å². The topological polar surface area (TPSA) is 101 Å². The molecule has 3 aliphatic heterocycles. The van der Waals surface area contributed by atoms with Crippen LogP contribution >= 0.6 is 0 Å². The first-order chi connectivity index (χ1) is 19.2. The van der Waals surface area contributed by atoms with Gasteiger partial charge in [-0.1, -0.05) is 44.2 Å². The number of hydrogen-bond acceptors (Lipinski definition) is 6. The fraction of sp³-hybridized carbons (Fsp3) is 0.281. The van der Waals surface area contributed by atoms with E-state index in [0.717, 1.165) is 5.56 Å². The predicted octanol–water partition coefficient (Wildman–Crippen LogP) is 3.97. The Hall–Kier alpha value is -4.43. The predicted molar refractivity (Wildman–Crippen MR) is 150 cm³/mol. The summed E-state index contributed by atoms with van der Waals surface area (Å²) in [5, 5.41) is 4.22. The number of nitrogens with zero attached hydrogens (tertiary/aromatic N) is 3. The second kappa shape index (κ2) is 8.53. The van der Waals surface area contributed by atoms with Crippen molar-refractivity contribution < 1.29 is 14.4 Å². The molecule has 1 aromatic heterocycles. The molecule has 0 saturated carbocycles. The second-order valence-corrected chi connectivity index (χ2v) is 11.4. The summed E-state index contributed by atoms with van der Waals surface area (Å²) >= 11 is 0. The SMILES string of the molecule is CC(=O)c1ccc(N2C(=O)[C@H]3[C@H](CC(C)C)N[C@]4(c5ccccc5-n5c4nc4ccccc4c5=O)[C@H]3C2=O)cc1. The Balaban J connectivity index is 1.48. The number of rotatable bonds is 4. The Kier molecular flexibility index (Phi) is 5.25. The number of Topliss-reactive ketones (excluding diaryl/α,β-unsaturated/α-hetero) is 1. The van der Waals surface area contributed by atoms with Crippen molar-refractivity contribution in [3.05, 3.63) is 100 Å². The third kappa shape index (κ3) is 3.14. The van der Waals surface area contributed by atoms with Crippen LogP contribution < -0.4 is 15.8 Å². The van der Waals surface area contributed by atoms with Gasteiger partial charge in [-0.3, -0.25) is 29.1 Å². The zero-order valence-electron chi connectivity index (χ0n) is 22.4. The standard InChI is InChI=1S/C32H28N4O4/c1-17(2)16-24-26-27(30(40)35(29(26)39)20-14-12-19(13-15-20)18(3)37)32(34-24)22-9-5-7-11-25(22)36-28(38)21-8-4-6-10-23(21)33-31(32)36/h4-15,17,24,26-27,34H,16H2,1-3H3/t24-,26-,27+,32+/m0/s1. The van der Waals surface area contributed by atoms with Gasteiger partial charge < -0.3 is 0 Å². The first kappa shape index (κ1) is 24.6. The quantitative estimate of drug-likeness (QED) is 0.315. The van der Waals surface area contributed by atoms with E-state index in [4.69, 9.17) is 4.98 Å². The maximum absolute atomic E-state index is 14.5. The van der Waals surface area contributed by atoms with Crippen LogP contribution in [-0.2, 0) is 15.1 Å². The molecule has 7 rings (SSSR count). The molecule has 8 nitrogen and oxygen atoms in total. The van der Waals surface area contributed by atoms with Crippen LogP contribution in [0, 0.1) is 17.8 Å². The number of nitrogens with one attached hydrogen (secondary N) is 1. The van der Waals surface area contributed by atoms with Gasteiger partial charge in [0.15, 0.2) is 5.78 Å². The molecular weight excluding hydrogens is 504 g/mol. The number of para-hydroxylation sites is 2. The van der Waals surface area contributed by atoms with Crippen molar-refractivity contribution in [1.29, 1.82) is 0 Å². The van der Waals surface area contributed by atoms with Crippen molar-refractivity contribution in [3.63, 3.8) is 0 Å². The van der Waals surface area contributed by atoms with Crippen LogP contribution in [-0.4, -0.2) is 33.2 Å². The average molecular weight is 533 g/mol. The van der Waals surface area contributed by atoms with E-state index in [-0.39, 0.29) is 35.1 Å². The molecule has 3 aliphatic rings. The zero-order valence-corrected chi connectivity index (χ0v) is 22.4. The van der Waals surface area contributed by atoms with Gasteiger partial charge >= 0.3 is 0 Å². The monoisotopic (exact) mass is 532 g/mol. The number of anilines is 1. The average Bonchev–Trinajstić information content (AvgIpc) is 3.51. The Labute approximate surface area is 230 Å². The van der Waals surface area contributed by atoms with Crippen LogP contribution in [0.3, 0.4) is 0 Å². The minimum absolute atomic E-state index is 0.0921. The number of imide groups is 1. The lowest BCUT2D eigenvalue weighted by atomic mass is 9.75. The van der Waals surface area contributed by atoms with Crippen molar-refractivity contribution in [3.8, 4) is 5.69 Å². The van der Waals surface area contributed by atoms with Gasteiger partial charge in [-0.25, -0.2) is 9.88 Å². The number of aromatic nitrogens is 2. The van der Waals surface area contributed by atoms with E-state index in [1.807, 2.05) is 36.4 Å². The summed E-state index contributed by atoms with van der Waals surface area (Å²) in [5.74, 6) is -1.47. The molecule has 200 valence electrons. The minimum Gasteiger partial charge on any atom is -0.297 e. The smallest absolute Gasteiger partial charge is 0.266 e. The first-order valence-electron chi connectivity index (χ1n) is 13.6. The van der Waals surface area contributed by atoms with Crippen molar-refractivity contribution in [1.82, 2.24) is 14.9 Å². The lowest BCUT2D eigenvalue weighted by Crippen LogP contribution is -2.50. The summed E-state index contributed by atoms with van der Waals surface area (Å²) in [6, 6.07) is 21.0. The Morgan fingerprint density at radius 1 is 0.950 bits per heavy atom. The number of fused-ring (bicyclic) bond motifs is 8. The third-order valence-corrected chi connectivity index (χ3v) is 8.62. The molecule has 4 aromatic rings. The van der Waals surface area contributed by atoms with Gasteiger partial charge in [0.2, 0.25) is 11.8 Å². The highest BCUT2D eigenvalue weighted by Crippen LogP contribution is 2.56. The Morgan fingerprint density at radius 3 is 2.38 bits per heavy atom. The molecule has 4 heterocycles. The lowest BCUT2D eigenvalue weighted by molar-refractivity contribution is -0.123. The summed E-state index contributed by atoms with van der Waals surface area (Å²) in [4.78, 5) is 60.6. The molecule has 0 radical (unpaired) electrons. The van der Waals surface area contributed by atoms with E-state index in [2.05, 4.69) is 19.2 Å². The molecule has 2 amide bonds. The van der Waals surface area contributed by atoms with E-state index in [9.17, 15) is 19.2 Å². The fourth-order valence-corrected chi connectivity index (χ4v) is 7.03. The van der Waals surface area contributed by atoms with Gasteiger partial charge in [-0.2, -0.15) is 0 Å². The molecular formula is C32H28N4O4. The fourth-order valence-electron chi connectivity index (χ4n) is 7.03. The van der Waals surface area contributed by atoms with Crippen LogP contribution in [0.1, 0.15) is 48.9 Å². The van der Waals surface area contributed by atoms with Gasteiger partial charge in [-0.05, 0) is 61.7 Å². The van der Waals surface area contributed by atoms with Crippen LogP contribution in [0.25, 0.3) is 16.6 Å². The van der Waals surface area contributed by atoms with E-state index >= 15 is 0 Å². The highest BCUT2D eigenvalue weighted by atomic mass is 16.2.